The first kappa shape index (κ1) is 12.9. The van der Waals surface area contributed by atoms with E-state index in [1.54, 1.807) is 0 Å². The molecule has 1 heterocycles. The summed E-state index contributed by atoms with van der Waals surface area (Å²) in [6.45, 7) is 5.41. The van der Waals surface area contributed by atoms with E-state index in [4.69, 9.17) is 0 Å². The van der Waals surface area contributed by atoms with E-state index in [1.807, 2.05) is 0 Å². The second-order valence-corrected chi connectivity index (χ2v) is 5.55. The van der Waals surface area contributed by atoms with Crippen LogP contribution in [0.25, 0.3) is 0 Å². The average Bonchev–Trinajstić information content (AvgIpc) is 3.18. The lowest BCUT2D eigenvalue weighted by atomic mass is 9.93. The van der Waals surface area contributed by atoms with Gasteiger partial charge in [-0.2, -0.15) is 0 Å². The maximum atomic E-state index is 12.2. The predicted octanol–water partition coefficient (Wildman–Crippen LogP) is 2.17. The largest absolute Gasteiger partial charge is 0.340 e. The minimum atomic E-state index is 0.410. The van der Waals surface area contributed by atoms with Crippen molar-refractivity contribution in [2.75, 3.05) is 19.6 Å². The Labute approximate surface area is 105 Å². The molecule has 17 heavy (non-hydrogen) atoms. The normalized spacial score (nSPS) is 21.5. The van der Waals surface area contributed by atoms with Crippen LogP contribution in [0, 0.1) is 5.92 Å². The van der Waals surface area contributed by atoms with Crippen molar-refractivity contribution < 1.29 is 4.79 Å². The summed E-state index contributed by atoms with van der Waals surface area (Å²) in [4.78, 5) is 14.3. The van der Waals surface area contributed by atoms with Crippen molar-refractivity contribution in [2.24, 2.45) is 5.92 Å². The van der Waals surface area contributed by atoms with Gasteiger partial charge in [0.1, 0.15) is 0 Å². The fraction of sp³-hybridized carbons (Fsp3) is 0.929. The number of rotatable bonds is 6. The van der Waals surface area contributed by atoms with Crippen LogP contribution >= 0.6 is 0 Å². The summed E-state index contributed by atoms with van der Waals surface area (Å²) in [6.07, 6.45) is 7.96. The number of carbonyl (C=O) groups is 1. The zero-order chi connectivity index (χ0) is 12.1. The first-order valence-corrected chi connectivity index (χ1v) is 7.31. The Hall–Kier alpha value is -0.570. The highest BCUT2D eigenvalue weighted by Gasteiger charge is 2.31. The van der Waals surface area contributed by atoms with Crippen molar-refractivity contribution in [2.45, 2.75) is 57.9 Å². The Morgan fingerprint density at radius 1 is 1.24 bits per heavy atom. The first-order chi connectivity index (χ1) is 8.31. The summed E-state index contributed by atoms with van der Waals surface area (Å²) >= 11 is 0. The summed E-state index contributed by atoms with van der Waals surface area (Å²) in [5, 5.41) is 3.38. The molecule has 0 aromatic rings. The van der Waals surface area contributed by atoms with Crippen LogP contribution in [0.3, 0.4) is 0 Å². The fourth-order valence-corrected chi connectivity index (χ4v) is 2.78. The van der Waals surface area contributed by atoms with Gasteiger partial charge in [0.15, 0.2) is 0 Å². The average molecular weight is 238 g/mol. The van der Waals surface area contributed by atoms with Crippen molar-refractivity contribution in [1.29, 1.82) is 0 Å². The number of amides is 1. The number of hydrogen-bond donors (Lipinski definition) is 1. The second kappa shape index (κ2) is 6.39. The van der Waals surface area contributed by atoms with Gasteiger partial charge >= 0.3 is 0 Å². The zero-order valence-corrected chi connectivity index (χ0v) is 11.1. The summed E-state index contributed by atoms with van der Waals surface area (Å²) in [5.41, 5.74) is 0. The molecule has 98 valence electrons. The molecule has 1 aliphatic carbocycles. The lowest BCUT2D eigenvalue weighted by Gasteiger charge is -2.25. The van der Waals surface area contributed by atoms with Gasteiger partial charge in [0, 0.05) is 19.0 Å². The second-order valence-electron chi connectivity index (χ2n) is 5.55. The molecule has 0 spiro atoms. The van der Waals surface area contributed by atoms with Crippen LogP contribution in [0.4, 0.5) is 0 Å². The maximum absolute atomic E-state index is 12.2. The van der Waals surface area contributed by atoms with Crippen LogP contribution in [-0.2, 0) is 4.79 Å². The Morgan fingerprint density at radius 2 is 1.94 bits per heavy atom. The highest BCUT2D eigenvalue weighted by molar-refractivity contribution is 5.76. The van der Waals surface area contributed by atoms with E-state index in [9.17, 15) is 4.79 Å². The molecule has 0 unspecified atom stereocenters. The number of piperidine rings is 1. The molecular weight excluding hydrogens is 212 g/mol. The van der Waals surface area contributed by atoms with E-state index in [-0.39, 0.29) is 0 Å². The lowest BCUT2D eigenvalue weighted by Crippen LogP contribution is -2.34. The van der Waals surface area contributed by atoms with Gasteiger partial charge in [-0.15, -0.1) is 0 Å². The van der Waals surface area contributed by atoms with Gasteiger partial charge in [-0.25, -0.2) is 0 Å². The predicted molar refractivity (Wildman–Crippen MR) is 69.9 cm³/mol. The molecule has 2 fully saturated rings. The Kier molecular flexibility index (Phi) is 4.84. The molecule has 0 atom stereocenters. The summed E-state index contributed by atoms with van der Waals surface area (Å²) < 4.78 is 0. The van der Waals surface area contributed by atoms with Crippen LogP contribution < -0.4 is 5.32 Å². The summed E-state index contributed by atoms with van der Waals surface area (Å²) in [7, 11) is 0. The van der Waals surface area contributed by atoms with Crippen molar-refractivity contribution in [3.8, 4) is 0 Å². The zero-order valence-electron chi connectivity index (χ0n) is 11.1. The topological polar surface area (TPSA) is 32.3 Å². The molecule has 1 saturated carbocycles. The summed E-state index contributed by atoms with van der Waals surface area (Å²) in [5.74, 6) is 1.19. The Bertz CT molecular complexity index is 245. The quantitative estimate of drug-likeness (QED) is 0.769. The molecule has 1 aliphatic heterocycles. The van der Waals surface area contributed by atoms with E-state index in [0.717, 1.165) is 44.8 Å². The molecule has 1 saturated heterocycles. The molecule has 0 aromatic carbocycles. The number of nitrogens with one attached hydrogen (secondary N) is 1. The van der Waals surface area contributed by atoms with E-state index < -0.39 is 0 Å². The van der Waals surface area contributed by atoms with Crippen molar-refractivity contribution in [3.05, 3.63) is 0 Å². The molecule has 2 rings (SSSR count). The van der Waals surface area contributed by atoms with Crippen LogP contribution in [0.1, 0.15) is 51.9 Å². The standard InChI is InChI=1S/C14H26N2O/c1-2-11-16(13-4-5-13)14(17)6-3-12-7-9-15-10-8-12/h12-13,15H,2-11H2,1H3. The Morgan fingerprint density at radius 3 is 2.53 bits per heavy atom. The van der Waals surface area contributed by atoms with Crippen LogP contribution in [0.5, 0.6) is 0 Å². The third-order valence-corrected chi connectivity index (χ3v) is 4.00. The summed E-state index contributed by atoms with van der Waals surface area (Å²) in [6, 6.07) is 0.593. The molecule has 0 bridgehead atoms. The van der Waals surface area contributed by atoms with Crippen LogP contribution in [-0.4, -0.2) is 36.5 Å². The minimum absolute atomic E-state index is 0.410. The molecule has 2 aliphatic rings. The van der Waals surface area contributed by atoms with Gasteiger partial charge in [0.25, 0.3) is 0 Å². The van der Waals surface area contributed by atoms with Crippen molar-refractivity contribution in [1.82, 2.24) is 10.2 Å². The van der Waals surface area contributed by atoms with E-state index >= 15 is 0 Å². The van der Waals surface area contributed by atoms with E-state index in [0.29, 0.717) is 11.9 Å². The molecular formula is C14H26N2O. The van der Waals surface area contributed by atoms with E-state index in [2.05, 4.69) is 17.1 Å². The van der Waals surface area contributed by atoms with Crippen LogP contribution in [0.15, 0.2) is 0 Å². The number of hydrogen-bond acceptors (Lipinski definition) is 2. The van der Waals surface area contributed by atoms with Gasteiger partial charge in [0.2, 0.25) is 5.91 Å². The van der Waals surface area contributed by atoms with Gasteiger partial charge in [-0.05, 0) is 57.5 Å². The number of nitrogens with zero attached hydrogens (tertiary/aromatic N) is 1. The van der Waals surface area contributed by atoms with Gasteiger partial charge in [-0.1, -0.05) is 6.92 Å². The smallest absolute Gasteiger partial charge is 0.222 e. The molecule has 0 aromatic heterocycles. The third-order valence-electron chi connectivity index (χ3n) is 4.00. The van der Waals surface area contributed by atoms with Crippen molar-refractivity contribution >= 4 is 5.91 Å². The molecule has 3 nitrogen and oxygen atoms in total. The van der Waals surface area contributed by atoms with Gasteiger partial charge in [-0.3, -0.25) is 4.79 Å². The maximum Gasteiger partial charge on any atom is 0.222 e. The van der Waals surface area contributed by atoms with Crippen LogP contribution in [0.2, 0.25) is 0 Å². The van der Waals surface area contributed by atoms with E-state index in [1.165, 1.54) is 25.7 Å². The Balaban J connectivity index is 1.70. The first-order valence-electron chi connectivity index (χ1n) is 7.31. The van der Waals surface area contributed by atoms with Gasteiger partial charge < -0.3 is 10.2 Å². The lowest BCUT2D eigenvalue weighted by molar-refractivity contribution is -0.132. The highest BCUT2D eigenvalue weighted by atomic mass is 16.2. The minimum Gasteiger partial charge on any atom is -0.340 e. The third kappa shape index (κ3) is 3.98. The monoisotopic (exact) mass is 238 g/mol. The highest BCUT2D eigenvalue weighted by Crippen LogP contribution is 2.28. The molecule has 3 heteroatoms. The molecule has 1 N–H and O–H groups in total. The fourth-order valence-electron chi connectivity index (χ4n) is 2.78. The molecule has 1 amide bonds. The SMILES string of the molecule is CCCN(C(=O)CCC1CCNCC1)C1CC1. The number of carbonyl (C=O) groups excluding carboxylic acids is 1. The van der Waals surface area contributed by atoms with Gasteiger partial charge in [0.05, 0.1) is 0 Å². The molecule has 0 radical (unpaired) electrons. The van der Waals surface area contributed by atoms with Crippen molar-refractivity contribution in [3.63, 3.8) is 0 Å².